The third-order valence-corrected chi connectivity index (χ3v) is 6.15. The first-order valence-corrected chi connectivity index (χ1v) is 10.1. The molecule has 0 unspecified atom stereocenters. The average molecular weight is 386 g/mol. The minimum Gasteiger partial charge on any atom is -0.379 e. The zero-order valence-corrected chi connectivity index (χ0v) is 15.9. The lowest BCUT2D eigenvalue weighted by atomic mass is 10.2. The van der Waals surface area contributed by atoms with E-state index in [9.17, 15) is 13.2 Å². The molecule has 7 heteroatoms. The molecular weight excluding hydrogens is 364 g/mol. The number of anilines is 1. The van der Waals surface area contributed by atoms with Crippen LogP contribution in [-0.2, 0) is 19.6 Å². The van der Waals surface area contributed by atoms with Gasteiger partial charge in [-0.2, -0.15) is 4.31 Å². The Morgan fingerprint density at radius 1 is 1.04 bits per heavy atom. The number of carbonyl (C=O) groups is 1. The number of benzene rings is 2. The monoisotopic (exact) mass is 386 g/mol. The number of amides is 1. The number of aryl methyl sites for hydroxylation is 1. The van der Waals surface area contributed by atoms with Crippen LogP contribution in [0.15, 0.2) is 59.5 Å². The summed E-state index contributed by atoms with van der Waals surface area (Å²) in [7, 11) is -3.50. The van der Waals surface area contributed by atoms with Crippen molar-refractivity contribution in [3.05, 3.63) is 65.7 Å². The van der Waals surface area contributed by atoms with Gasteiger partial charge in [-0.05, 0) is 42.8 Å². The fraction of sp³-hybridized carbons (Fsp3) is 0.250. The van der Waals surface area contributed by atoms with Crippen LogP contribution in [0.4, 0.5) is 5.69 Å². The second kappa shape index (κ2) is 8.47. The topological polar surface area (TPSA) is 75.7 Å². The van der Waals surface area contributed by atoms with E-state index >= 15 is 0 Å². The third-order valence-electron chi connectivity index (χ3n) is 4.23. The molecule has 1 fully saturated rings. The molecule has 3 rings (SSSR count). The summed E-state index contributed by atoms with van der Waals surface area (Å²) in [6.07, 6.45) is 3.07. The Bertz CT molecular complexity index is 913. The van der Waals surface area contributed by atoms with Crippen molar-refractivity contribution in [3.8, 4) is 0 Å². The van der Waals surface area contributed by atoms with E-state index in [2.05, 4.69) is 5.32 Å². The summed E-state index contributed by atoms with van der Waals surface area (Å²) in [6, 6.07) is 14.0. The van der Waals surface area contributed by atoms with E-state index in [1.165, 1.54) is 10.4 Å². The smallest absolute Gasteiger partial charge is 0.248 e. The number of morpholine rings is 1. The SMILES string of the molecule is Cc1ccc(NC(=O)/C=C\c2ccc(S(=O)(=O)N3CCOCC3)cc2)cc1. The quantitative estimate of drug-likeness (QED) is 0.802. The van der Waals surface area contributed by atoms with E-state index in [4.69, 9.17) is 4.74 Å². The van der Waals surface area contributed by atoms with Gasteiger partial charge in [0.25, 0.3) is 0 Å². The van der Waals surface area contributed by atoms with Gasteiger partial charge < -0.3 is 10.1 Å². The van der Waals surface area contributed by atoms with Gasteiger partial charge >= 0.3 is 0 Å². The van der Waals surface area contributed by atoms with Gasteiger partial charge in [0.2, 0.25) is 15.9 Å². The van der Waals surface area contributed by atoms with Crippen molar-refractivity contribution in [2.24, 2.45) is 0 Å². The summed E-state index contributed by atoms with van der Waals surface area (Å²) in [5, 5.41) is 2.78. The Hall–Kier alpha value is -2.48. The highest BCUT2D eigenvalue weighted by Gasteiger charge is 2.25. The maximum Gasteiger partial charge on any atom is 0.248 e. The molecule has 0 aromatic heterocycles. The molecule has 1 heterocycles. The van der Waals surface area contributed by atoms with Crippen LogP contribution in [0.3, 0.4) is 0 Å². The molecule has 0 radical (unpaired) electrons. The fourth-order valence-corrected chi connectivity index (χ4v) is 4.09. The number of carbonyl (C=O) groups excluding carboxylic acids is 1. The lowest BCUT2D eigenvalue weighted by Gasteiger charge is -2.26. The number of sulfonamides is 1. The Morgan fingerprint density at radius 2 is 1.67 bits per heavy atom. The van der Waals surface area contributed by atoms with Gasteiger partial charge in [-0.15, -0.1) is 0 Å². The Kier molecular flexibility index (Phi) is 6.05. The summed E-state index contributed by atoms with van der Waals surface area (Å²) in [4.78, 5) is 12.2. The molecule has 2 aromatic rings. The van der Waals surface area contributed by atoms with Crippen molar-refractivity contribution in [2.45, 2.75) is 11.8 Å². The summed E-state index contributed by atoms with van der Waals surface area (Å²) < 4.78 is 31.8. The molecule has 1 saturated heterocycles. The number of nitrogens with one attached hydrogen (secondary N) is 1. The molecule has 0 bridgehead atoms. The van der Waals surface area contributed by atoms with Gasteiger partial charge in [-0.25, -0.2) is 8.42 Å². The van der Waals surface area contributed by atoms with Crippen LogP contribution in [0.5, 0.6) is 0 Å². The first-order chi connectivity index (χ1) is 12.9. The maximum absolute atomic E-state index is 12.6. The van der Waals surface area contributed by atoms with Gasteiger partial charge in [0.15, 0.2) is 0 Å². The molecule has 142 valence electrons. The normalized spacial score (nSPS) is 15.7. The van der Waals surface area contributed by atoms with E-state index in [1.54, 1.807) is 30.3 Å². The van der Waals surface area contributed by atoms with Crippen molar-refractivity contribution in [2.75, 3.05) is 31.6 Å². The maximum atomic E-state index is 12.6. The van der Waals surface area contributed by atoms with Gasteiger partial charge in [-0.3, -0.25) is 4.79 Å². The number of rotatable bonds is 5. The number of hydrogen-bond donors (Lipinski definition) is 1. The summed E-state index contributed by atoms with van der Waals surface area (Å²) in [5.74, 6) is -0.246. The largest absolute Gasteiger partial charge is 0.379 e. The highest BCUT2D eigenvalue weighted by Crippen LogP contribution is 2.18. The minimum absolute atomic E-state index is 0.241. The van der Waals surface area contributed by atoms with Crippen LogP contribution in [0.25, 0.3) is 6.08 Å². The molecule has 27 heavy (non-hydrogen) atoms. The zero-order valence-electron chi connectivity index (χ0n) is 15.1. The first-order valence-electron chi connectivity index (χ1n) is 8.69. The lowest BCUT2D eigenvalue weighted by Crippen LogP contribution is -2.40. The van der Waals surface area contributed by atoms with Crippen LogP contribution >= 0.6 is 0 Å². The van der Waals surface area contributed by atoms with Gasteiger partial charge in [0.05, 0.1) is 18.1 Å². The second-order valence-corrected chi connectivity index (χ2v) is 8.21. The van der Waals surface area contributed by atoms with E-state index < -0.39 is 10.0 Å². The molecule has 2 aromatic carbocycles. The van der Waals surface area contributed by atoms with Crippen LogP contribution in [0, 0.1) is 6.92 Å². The number of hydrogen-bond acceptors (Lipinski definition) is 4. The molecule has 1 aliphatic rings. The number of ether oxygens (including phenoxy) is 1. The molecule has 1 N–H and O–H groups in total. The van der Waals surface area contributed by atoms with Crippen LogP contribution in [0.1, 0.15) is 11.1 Å². The Morgan fingerprint density at radius 3 is 2.30 bits per heavy atom. The van der Waals surface area contributed by atoms with Crippen molar-refractivity contribution >= 4 is 27.7 Å². The zero-order chi connectivity index (χ0) is 19.3. The summed E-state index contributed by atoms with van der Waals surface area (Å²) >= 11 is 0. The molecule has 1 amide bonds. The van der Waals surface area contributed by atoms with Crippen molar-refractivity contribution in [1.82, 2.24) is 4.31 Å². The average Bonchev–Trinajstić information content (AvgIpc) is 2.69. The van der Waals surface area contributed by atoms with Crippen LogP contribution in [-0.4, -0.2) is 44.9 Å². The predicted molar refractivity (Wildman–Crippen MR) is 105 cm³/mol. The molecule has 6 nitrogen and oxygen atoms in total. The molecular formula is C20H22N2O4S. The predicted octanol–water partition coefficient (Wildman–Crippen LogP) is 2.67. The summed E-state index contributed by atoms with van der Waals surface area (Å²) in [6.45, 7) is 3.53. The van der Waals surface area contributed by atoms with Gasteiger partial charge in [0, 0.05) is 24.9 Å². The molecule has 1 aliphatic heterocycles. The highest BCUT2D eigenvalue weighted by atomic mass is 32.2. The Balaban J connectivity index is 1.63. The molecule has 0 aliphatic carbocycles. The fourth-order valence-electron chi connectivity index (χ4n) is 2.68. The molecule has 0 saturated carbocycles. The van der Waals surface area contributed by atoms with Gasteiger partial charge in [0.1, 0.15) is 0 Å². The first kappa shape index (κ1) is 19.3. The standard InChI is InChI=1S/C20H22N2O4S/c1-16-2-7-18(8-3-16)21-20(23)11-6-17-4-9-19(10-5-17)27(24,25)22-12-14-26-15-13-22/h2-11H,12-15H2,1H3,(H,21,23)/b11-6-. The van der Waals surface area contributed by atoms with E-state index in [-0.39, 0.29) is 10.8 Å². The van der Waals surface area contributed by atoms with Crippen LogP contribution in [0.2, 0.25) is 0 Å². The van der Waals surface area contributed by atoms with Gasteiger partial charge in [-0.1, -0.05) is 29.8 Å². The van der Waals surface area contributed by atoms with Crippen molar-refractivity contribution in [3.63, 3.8) is 0 Å². The minimum atomic E-state index is -3.50. The third kappa shape index (κ3) is 5.03. The van der Waals surface area contributed by atoms with Crippen molar-refractivity contribution in [1.29, 1.82) is 0 Å². The van der Waals surface area contributed by atoms with E-state index in [0.29, 0.717) is 26.3 Å². The second-order valence-electron chi connectivity index (χ2n) is 6.27. The van der Waals surface area contributed by atoms with E-state index in [1.807, 2.05) is 31.2 Å². The van der Waals surface area contributed by atoms with E-state index in [0.717, 1.165) is 16.8 Å². The Labute approximate surface area is 159 Å². The highest BCUT2D eigenvalue weighted by molar-refractivity contribution is 7.89. The lowest BCUT2D eigenvalue weighted by molar-refractivity contribution is -0.111. The number of nitrogens with zero attached hydrogens (tertiary/aromatic N) is 1. The molecule has 0 spiro atoms. The van der Waals surface area contributed by atoms with Crippen LogP contribution < -0.4 is 5.32 Å². The molecule has 0 atom stereocenters. The summed E-state index contributed by atoms with van der Waals surface area (Å²) in [5.41, 5.74) is 2.59. The van der Waals surface area contributed by atoms with Crippen molar-refractivity contribution < 1.29 is 17.9 Å².